The summed E-state index contributed by atoms with van der Waals surface area (Å²) < 4.78 is 5.94. The van der Waals surface area contributed by atoms with E-state index in [1.54, 1.807) is 48.8 Å². The minimum atomic E-state index is -0.989. The molecule has 4 aromatic rings. The smallest absolute Gasteiger partial charge is 0.335 e. The Morgan fingerprint density at radius 2 is 1.70 bits per heavy atom. The van der Waals surface area contributed by atoms with E-state index in [1.807, 2.05) is 36.4 Å². The van der Waals surface area contributed by atoms with E-state index in [0.717, 1.165) is 5.56 Å². The molecule has 3 heterocycles. The van der Waals surface area contributed by atoms with E-state index in [4.69, 9.17) is 9.52 Å². The zero-order valence-corrected chi connectivity index (χ0v) is 17.3. The monoisotopic (exact) mass is 435 g/mol. The van der Waals surface area contributed by atoms with Gasteiger partial charge in [0.05, 0.1) is 16.8 Å². The molecule has 0 unspecified atom stereocenters. The quantitative estimate of drug-likeness (QED) is 0.451. The fourth-order valence-corrected chi connectivity index (χ4v) is 3.51. The van der Waals surface area contributed by atoms with Gasteiger partial charge in [0.25, 0.3) is 5.91 Å². The number of furan rings is 1. The molecule has 0 saturated heterocycles. The van der Waals surface area contributed by atoms with E-state index >= 15 is 0 Å². The van der Waals surface area contributed by atoms with Crippen LogP contribution in [-0.4, -0.2) is 27.7 Å². The van der Waals surface area contributed by atoms with Crippen LogP contribution in [0.4, 0.5) is 5.69 Å². The summed E-state index contributed by atoms with van der Waals surface area (Å²) in [5.74, 6) is -0.230. The number of nitrogens with zero attached hydrogens (tertiary/aromatic N) is 3. The Hall–Kier alpha value is -4.78. The predicted octanol–water partition coefficient (Wildman–Crippen LogP) is 4.87. The highest BCUT2D eigenvalue weighted by Gasteiger charge is 2.32. The summed E-state index contributed by atoms with van der Waals surface area (Å²) >= 11 is 0. The average Bonchev–Trinajstić information content (AvgIpc) is 3.45. The first kappa shape index (κ1) is 20.1. The van der Waals surface area contributed by atoms with E-state index in [9.17, 15) is 9.59 Å². The molecular weight excluding hydrogens is 418 g/mol. The lowest BCUT2D eigenvalue weighted by molar-refractivity contribution is -0.114. The first-order valence-corrected chi connectivity index (χ1v) is 10.1. The standard InChI is InChI=1S/C26H17N3O4/c30-25-22(15-21-12-13-23(33-21)17-8-10-18(11-9-17)26(31)32)24(19-5-4-14-27-16-19)28-29(25)20-6-2-1-3-7-20/h1-16H,(H,31,32)/b22-15-. The number of aromatic carboxylic acids is 1. The SMILES string of the molecule is O=C(O)c1ccc(-c2ccc(/C=C3\C(=O)N(c4ccccc4)N=C3c3cccnc3)o2)cc1. The van der Waals surface area contributed by atoms with Crippen molar-refractivity contribution >= 4 is 29.4 Å². The van der Waals surface area contributed by atoms with Crippen molar-refractivity contribution in [3.63, 3.8) is 0 Å². The van der Waals surface area contributed by atoms with Crippen molar-refractivity contribution in [2.45, 2.75) is 0 Å². The lowest BCUT2D eigenvalue weighted by Gasteiger charge is -2.10. The Bertz CT molecular complexity index is 1390. The van der Waals surface area contributed by atoms with Crippen molar-refractivity contribution in [3.05, 3.63) is 114 Å². The Morgan fingerprint density at radius 1 is 0.909 bits per heavy atom. The number of carboxylic acid groups (broad SMARTS) is 1. The number of hydrazone groups is 1. The molecule has 0 aliphatic carbocycles. The molecule has 7 heteroatoms. The van der Waals surface area contributed by atoms with Crippen LogP contribution in [0, 0.1) is 0 Å². The van der Waals surface area contributed by atoms with Gasteiger partial charge in [-0.15, -0.1) is 0 Å². The number of hydrogen-bond acceptors (Lipinski definition) is 5. The Balaban J connectivity index is 1.52. The van der Waals surface area contributed by atoms with E-state index in [-0.39, 0.29) is 11.5 Å². The maximum atomic E-state index is 13.3. The van der Waals surface area contributed by atoms with Gasteiger partial charge in [-0.25, -0.2) is 4.79 Å². The third-order valence-corrected chi connectivity index (χ3v) is 5.14. The molecule has 33 heavy (non-hydrogen) atoms. The highest BCUT2D eigenvalue weighted by atomic mass is 16.4. The maximum absolute atomic E-state index is 13.3. The molecule has 160 valence electrons. The number of carbonyl (C=O) groups excluding carboxylic acids is 1. The number of para-hydroxylation sites is 1. The Kier molecular flexibility index (Phi) is 5.12. The molecule has 1 aliphatic heterocycles. The summed E-state index contributed by atoms with van der Waals surface area (Å²) in [6, 6.07) is 22.8. The normalized spacial score (nSPS) is 14.5. The van der Waals surface area contributed by atoms with Gasteiger partial charge in [-0.3, -0.25) is 9.78 Å². The summed E-state index contributed by atoms with van der Waals surface area (Å²) in [6.07, 6.45) is 4.98. The van der Waals surface area contributed by atoms with Crippen LogP contribution >= 0.6 is 0 Å². The van der Waals surface area contributed by atoms with Crippen molar-refractivity contribution in [2.24, 2.45) is 5.10 Å². The molecule has 2 aromatic heterocycles. The van der Waals surface area contributed by atoms with Crippen LogP contribution in [0.1, 0.15) is 21.7 Å². The molecule has 2 aromatic carbocycles. The number of carboxylic acids is 1. The molecule has 1 N–H and O–H groups in total. The summed E-state index contributed by atoms with van der Waals surface area (Å²) in [7, 11) is 0. The van der Waals surface area contributed by atoms with Crippen molar-refractivity contribution < 1.29 is 19.1 Å². The van der Waals surface area contributed by atoms with Crippen LogP contribution in [0.2, 0.25) is 0 Å². The summed E-state index contributed by atoms with van der Waals surface area (Å²) in [5.41, 5.74) is 3.18. The minimum Gasteiger partial charge on any atom is -0.478 e. The number of benzene rings is 2. The van der Waals surface area contributed by atoms with Crippen molar-refractivity contribution in [1.82, 2.24) is 4.98 Å². The van der Waals surface area contributed by atoms with Gasteiger partial charge in [0.1, 0.15) is 17.2 Å². The van der Waals surface area contributed by atoms with Gasteiger partial charge in [-0.05, 0) is 54.6 Å². The number of hydrogen-bond donors (Lipinski definition) is 1. The lowest BCUT2D eigenvalue weighted by atomic mass is 10.0. The fourth-order valence-electron chi connectivity index (χ4n) is 3.51. The number of amides is 1. The molecule has 7 nitrogen and oxygen atoms in total. The predicted molar refractivity (Wildman–Crippen MR) is 124 cm³/mol. The van der Waals surface area contributed by atoms with Crippen LogP contribution in [0.5, 0.6) is 0 Å². The Labute approximate surface area is 188 Å². The third kappa shape index (κ3) is 3.95. The highest BCUT2D eigenvalue weighted by Crippen LogP contribution is 2.29. The topological polar surface area (TPSA) is 96.0 Å². The van der Waals surface area contributed by atoms with Gasteiger partial charge in [-0.2, -0.15) is 10.1 Å². The van der Waals surface area contributed by atoms with Gasteiger partial charge in [0, 0.05) is 23.5 Å². The number of pyridine rings is 1. The molecule has 1 amide bonds. The molecule has 1 aliphatic rings. The molecule has 0 fully saturated rings. The molecule has 0 radical (unpaired) electrons. The zero-order valence-electron chi connectivity index (χ0n) is 17.3. The number of carbonyl (C=O) groups is 2. The fraction of sp³-hybridized carbons (Fsp3) is 0. The first-order valence-electron chi connectivity index (χ1n) is 10.1. The second kappa shape index (κ2) is 8.39. The van der Waals surface area contributed by atoms with Crippen LogP contribution in [0.15, 0.2) is 106 Å². The minimum absolute atomic E-state index is 0.197. The first-order chi connectivity index (χ1) is 16.1. The number of rotatable bonds is 5. The van der Waals surface area contributed by atoms with Gasteiger partial charge in [-0.1, -0.05) is 30.3 Å². The van der Waals surface area contributed by atoms with E-state index in [0.29, 0.717) is 34.1 Å². The molecular formula is C26H17N3O4. The van der Waals surface area contributed by atoms with E-state index in [1.165, 1.54) is 17.1 Å². The average molecular weight is 435 g/mol. The van der Waals surface area contributed by atoms with Crippen LogP contribution in [0.25, 0.3) is 17.4 Å². The van der Waals surface area contributed by atoms with Gasteiger partial charge < -0.3 is 9.52 Å². The van der Waals surface area contributed by atoms with E-state index in [2.05, 4.69) is 10.1 Å². The van der Waals surface area contributed by atoms with Crippen molar-refractivity contribution in [1.29, 1.82) is 0 Å². The number of aromatic nitrogens is 1. The van der Waals surface area contributed by atoms with Crippen LogP contribution in [0.3, 0.4) is 0 Å². The summed E-state index contributed by atoms with van der Waals surface area (Å²) in [6.45, 7) is 0. The van der Waals surface area contributed by atoms with Crippen molar-refractivity contribution in [2.75, 3.05) is 5.01 Å². The van der Waals surface area contributed by atoms with Gasteiger partial charge in [0.15, 0.2) is 0 Å². The summed E-state index contributed by atoms with van der Waals surface area (Å²) in [4.78, 5) is 28.5. The second-order valence-electron chi connectivity index (χ2n) is 7.29. The molecule has 0 spiro atoms. The van der Waals surface area contributed by atoms with E-state index < -0.39 is 5.97 Å². The van der Waals surface area contributed by atoms with Crippen LogP contribution < -0.4 is 5.01 Å². The van der Waals surface area contributed by atoms with Gasteiger partial charge >= 0.3 is 5.97 Å². The third-order valence-electron chi connectivity index (χ3n) is 5.14. The lowest BCUT2D eigenvalue weighted by Crippen LogP contribution is -2.21. The Morgan fingerprint density at radius 3 is 2.39 bits per heavy atom. The van der Waals surface area contributed by atoms with Crippen molar-refractivity contribution in [3.8, 4) is 11.3 Å². The molecule has 0 saturated carbocycles. The number of anilines is 1. The van der Waals surface area contributed by atoms with Gasteiger partial charge in [0.2, 0.25) is 0 Å². The maximum Gasteiger partial charge on any atom is 0.335 e. The molecule has 5 rings (SSSR count). The zero-order chi connectivity index (χ0) is 22.8. The summed E-state index contributed by atoms with van der Waals surface area (Å²) in [5, 5.41) is 15.0. The largest absolute Gasteiger partial charge is 0.478 e. The van der Waals surface area contributed by atoms with Crippen LogP contribution in [-0.2, 0) is 4.79 Å². The molecule has 0 atom stereocenters. The highest BCUT2D eigenvalue weighted by molar-refractivity contribution is 6.37. The molecule has 0 bridgehead atoms. The second-order valence-corrected chi connectivity index (χ2v) is 7.29.